The van der Waals surface area contributed by atoms with Gasteiger partial charge in [-0.3, -0.25) is 4.79 Å². The van der Waals surface area contributed by atoms with Crippen molar-refractivity contribution in [2.45, 2.75) is 32.7 Å². The minimum absolute atomic E-state index is 0.0738. The van der Waals surface area contributed by atoms with Crippen LogP contribution < -0.4 is 15.8 Å². The first-order valence-electron chi connectivity index (χ1n) is 6.94. The molecule has 1 amide bonds. The van der Waals surface area contributed by atoms with Crippen molar-refractivity contribution in [1.29, 1.82) is 0 Å². The molecule has 0 fully saturated rings. The summed E-state index contributed by atoms with van der Waals surface area (Å²) in [7, 11) is 0. The Balaban J connectivity index is 2.23. The van der Waals surface area contributed by atoms with Crippen molar-refractivity contribution in [2.75, 3.05) is 18.9 Å². The highest BCUT2D eigenvalue weighted by Gasteiger charge is 2.10. The number of carbonyl (C=O) groups is 2. The summed E-state index contributed by atoms with van der Waals surface area (Å²) in [4.78, 5) is 23.0. The van der Waals surface area contributed by atoms with Gasteiger partial charge < -0.3 is 20.5 Å². The topological polar surface area (TPSA) is 90.6 Å². The SMILES string of the molecule is CCCC(C)NC(=O)COC(=O)COc1cccc(N)c1. The van der Waals surface area contributed by atoms with Gasteiger partial charge >= 0.3 is 5.97 Å². The second-order valence-corrected chi connectivity index (χ2v) is 4.78. The smallest absolute Gasteiger partial charge is 0.344 e. The molecule has 6 heteroatoms. The van der Waals surface area contributed by atoms with Gasteiger partial charge in [0.2, 0.25) is 0 Å². The van der Waals surface area contributed by atoms with E-state index in [1.165, 1.54) is 0 Å². The van der Waals surface area contributed by atoms with E-state index >= 15 is 0 Å². The first kappa shape index (κ1) is 16.8. The number of benzene rings is 1. The second kappa shape index (κ2) is 8.84. The molecule has 0 aromatic heterocycles. The van der Waals surface area contributed by atoms with E-state index in [9.17, 15) is 9.59 Å². The average molecular weight is 294 g/mol. The van der Waals surface area contributed by atoms with Crippen LogP contribution in [0, 0.1) is 0 Å². The summed E-state index contributed by atoms with van der Waals surface area (Å²) in [5, 5.41) is 2.74. The third-order valence-corrected chi connectivity index (χ3v) is 2.71. The van der Waals surface area contributed by atoms with E-state index < -0.39 is 5.97 Å². The van der Waals surface area contributed by atoms with Gasteiger partial charge in [0.25, 0.3) is 5.91 Å². The van der Waals surface area contributed by atoms with Crippen molar-refractivity contribution < 1.29 is 19.1 Å². The van der Waals surface area contributed by atoms with Crippen LogP contribution in [-0.2, 0) is 14.3 Å². The van der Waals surface area contributed by atoms with E-state index in [4.69, 9.17) is 15.2 Å². The van der Waals surface area contributed by atoms with Crippen LogP contribution in [0.4, 0.5) is 5.69 Å². The number of rotatable bonds is 8. The fraction of sp³-hybridized carbons (Fsp3) is 0.467. The monoisotopic (exact) mass is 294 g/mol. The van der Waals surface area contributed by atoms with Crippen molar-refractivity contribution in [3.05, 3.63) is 24.3 Å². The lowest BCUT2D eigenvalue weighted by atomic mass is 10.2. The van der Waals surface area contributed by atoms with E-state index in [1.54, 1.807) is 24.3 Å². The second-order valence-electron chi connectivity index (χ2n) is 4.78. The first-order chi connectivity index (χ1) is 10.0. The van der Waals surface area contributed by atoms with E-state index in [2.05, 4.69) is 5.32 Å². The molecule has 0 aliphatic rings. The van der Waals surface area contributed by atoms with Gasteiger partial charge in [-0.2, -0.15) is 0 Å². The molecule has 21 heavy (non-hydrogen) atoms. The molecule has 0 radical (unpaired) electrons. The van der Waals surface area contributed by atoms with Gasteiger partial charge in [0.1, 0.15) is 5.75 Å². The number of anilines is 1. The van der Waals surface area contributed by atoms with Crippen LogP contribution in [0.5, 0.6) is 5.75 Å². The number of esters is 1. The van der Waals surface area contributed by atoms with E-state index in [0.29, 0.717) is 11.4 Å². The number of ether oxygens (including phenoxy) is 2. The van der Waals surface area contributed by atoms with Crippen LogP contribution in [0.15, 0.2) is 24.3 Å². The normalized spacial score (nSPS) is 11.5. The maximum Gasteiger partial charge on any atom is 0.344 e. The van der Waals surface area contributed by atoms with Crippen LogP contribution in [0.1, 0.15) is 26.7 Å². The van der Waals surface area contributed by atoms with E-state index in [-0.39, 0.29) is 25.2 Å². The Kier molecular flexibility index (Phi) is 7.08. The van der Waals surface area contributed by atoms with Gasteiger partial charge in [-0.25, -0.2) is 4.79 Å². The maximum atomic E-state index is 11.5. The minimum Gasteiger partial charge on any atom is -0.482 e. The molecule has 6 nitrogen and oxygen atoms in total. The molecule has 1 rings (SSSR count). The molecule has 1 atom stereocenters. The molecule has 0 saturated heterocycles. The summed E-state index contributed by atoms with van der Waals surface area (Å²) in [6.45, 7) is 3.39. The number of hydrogen-bond acceptors (Lipinski definition) is 5. The van der Waals surface area contributed by atoms with Gasteiger partial charge in [-0.05, 0) is 25.5 Å². The molecule has 1 unspecified atom stereocenters. The predicted molar refractivity (Wildman–Crippen MR) is 79.8 cm³/mol. The number of amides is 1. The summed E-state index contributed by atoms with van der Waals surface area (Å²) in [6.07, 6.45) is 1.87. The fourth-order valence-corrected chi connectivity index (χ4v) is 1.76. The highest BCUT2D eigenvalue weighted by molar-refractivity contribution is 5.81. The Bertz CT molecular complexity index is 476. The van der Waals surface area contributed by atoms with Crippen LogP contribution in [-0.4, -0.2) is 31.1 Å². The molecule has 1 aromatic rings. The summed E-state index contributed by atoms with van der Waals surface area (Å²) >= 11 is 0. The lowest BCUT2D eigenvalue weighted by Crippen LogP contribution is -2.36. The zero-order chi connectivity index (χ0) is 15.7. The summed E-state index contributed by atoms with van der Waals surface area (Å²) in [5.41, 5.74) is 6.13. The molecule has 0 aliphatic heterocycles. The number of hydrogen-bond donors (Lipinski definition) is 2. The third kappa shape index (κ3) is 7.20. The van der Waals surface area contributed by atoms with Crippen LogP contribution >= 0.6 is 0 Å². The number of carbonyl (C=O) groups excluding carboxylic acids is 2. The van der Waals surface area contributed by atoms with Crippen LogP contribution in [0.25, 0.3) is 0 Å². The lowest BCUT2D eigenvalue weighted by Gasteiger charge is -2.12. The van der Waals surface area contributed by atoms with Crippen molar-refractivity contribution in [3.63, 3.8) is 0 Å². The Labute approximate surface area is 124 Å². The minimum atomic E-state index is -0.601. The van der Waals surface area contributed by atoms with Gasteiger partial charge in [0, 0.05) is 17.8 Å². The third-order valence-electron chi connectivity index (χ3n) is 2.71. The van der Waals surface area contributed by atoms with Crippen molar-refractivity contribution in [2.24, 2.45) is 0 Å². The van der Waals surface area contributed by atoms with Crippen molar-refractivity contribution >= 4 is 17.6 Å². The molecule has 0 saturated carbocycles. The number of nitrogens with one attached hydrogen (secondary N) is 1. The molecule has 0 aliphatic carbocycles. The summed E-state index contributed by atoms with van der Waals surface area (Å²) in [6, 6.07) is 6.80. The van der Waals surface area contributed by atoms with Gasteiger partial charge in [0.05, 0.1) is 0 Å². The Morgan fingerprint density at radius 1 is 1.33 bits per heavy atom. The number of nitrogen functional groups attached to an aromatic ring is 1. The quantitative estimate of drug-likeness (QED) is 0.560. The predicted octanol–water partition coefficient (Wildman–Crippen LogP) is 1.50. The fourth-order valence-electron chi connectivity index (χ4n) is 1.76. The maximum absolute atomic E-state index is 11.5. The molecule has 0 bridgehead atoms. The molecule has 1 aromatic carbocycles. The summed E-state index contributed by atoms with van der Waals surface area (Å²) in [5.74, 6) is -0.433. The highest BCUT2D eigenvalue weighted by Crippen LogP contribution is 2.14. The standard InChI is InChI=1S/C15H22N2O4/c1-3-5-11(2)17-14(18)9-21-15(19)10-20-13-7-4-6-12(16)8-13/h4,6-8,11H,3,5,9-10,16H2,1-2H3,(H,17,18). The lowest BCUT2D eigenvalue weighted by molar-refractivity contribution is -0.150. The average Bonchev–Trinajstić information content (AvgIpc) is 2.43. The largest absolute Gasteiger partial charge is 0.482 e. The van der Waals surface area contributed by atoms with Crippen LogP contribution in [0.2, 0.25) is 0 Å². The zero-order valence-corrected chi connectivity index (χ0v) is 12.4. The van der Waals surface area contributed by atoms with Gasteiger partial charge in [-0.1, -0.05) is 19.4 Å². The van der Waals surface area contributed by atoms with Gasteiger partial charge in [0.15, 0.2) is 13.2 Å². The zero-order valence-electron chi connectivity index (χ0n) is 12.4. The van der Waals surface area contributed by atoms with E-state index in [1.807, 2.05) is 13.8 Å². The molecular weight excluding hydrogens is 272 g/mol. The molecular formula is C15H22N2O4. The first-order valence-corrected chi connectivity index (χ1v) is 6.94. The Morgan fingerprint density at radius 2 is 2.10 bits per heavy atom. The Hall–Kier alpha value is -2.24. The molecule has 0 spiro atoms. The van der Waals surface area contributed by atoms with Crippen LogP contribution in [0.3, 0.4) is 0 Å². The number of nitrogens with two attached hydrogens (primary N) is 1. The molecule has 3 N–H and O–H groups in total. The van der Waals surface area contributed by atoms with Crippen molar-refractivity contribution in [3.8, 4) is 5.75 Å². The molecule has 0 heterocycles. The molecule has 116 valence electrons. The van der Waals surface area contributed by atoms with Crippen molar-refractivity contribution in [1.82, 2.24) is 5.32 Å². The van der Waals surface area contributed by atoms with E-state index in [0.717, 1.165) is 12.8 Å². The Morgan fingerprint density at radius 3 is 2.76 bits per heavy atom. The highest BCUT2D eigenvalue weighted by atomic mass is 16.6. The summed E-state index contributed by atoms with van der Waals surface area (Å²) < 4.78 is 10.0. The van der Waals surface area contributed by atoms with Gasteiger partial charge in [-0.15, -0.1) is 0 Å².